The average molecular weight is 248 g/mol. The van der Waals surface area contributed by atoms with Crippen LogP contribution in [-0.2, 0) is 4.79 Å². The van der Waals surface area contributed by atoms with Gasteiger partial charge in [-0.15, -0.1) is 0 Å². The molecule has 98 valence electrons. The second kappa shape index (κ2) is 5.10. The Balaban J connectivity index is 1.64. The molecule has 1 amide bonds. The van der Waals surface area contributed by atoms with Gasteiger partial charge < -0.3 is 10.2 Å². The first-order chi connectivity index (χ1) is 8.84. The molecule has 0 spiro atoms. The highest BCUT2D eigenvalue weighted by Gasteiger charge is 2.31. The molecule has 3 heterocycles. The monoisotopic (exact) mass is 248 g/mol. The molecule has 0 saturated carbocycles. The maximum Gasteiger partial charge on any atom is 0.239 e. The zero-order valence-electron chi connectivity index (χ0n) is 10.6. The lowest BCUT2D eigenvalue weighted by atomic mass is 9.94. The molecule has 0 radical (unpaired) electrons. The number of nitrogens with one attached hydrogen (secondary N) is 2. The summed E-state index contributed by atoms with van der Waals surface area (Å²) in [5.74, 6) is 0.711. The molecule has 2 N–H and O–H groups in total. The van der Waals surface area contributed by atoms with Gasteiger partial charge in [0.25, 0.3) is 0 Å². The number of hydrogen-bond acceptors (Lipinski definition) is 3. The van der Waals surface area contributed by atoms with Crippen LogP contribution in [0.3, 0.4) is 0 Å². The van der Waals surface area contributed by atoms with Crippen LogP contribution in [0.2, 0.25) is 0 Å². The van der Waals surface area contributed by atoms with E-state index in [0.717, 1.165) is 51.0 Å². The summed E-state index contributed by atoms with van der Waals surface area (Å²) < 4.78 is 0. The van der Waals surface area contributed by atoms with Gasteiger partial charge >= 0.3 is 0 Å². The minimum Gasteiger partial charge on any atom is -0.341 e. The standard InChI is InChI=1S/C13H20N4O/c18-13(12-4-1-6-14-12)17-8-2-3-10(9-17)11-5-7-15-16-11/h5,7,10,12,14H,1-4,6,8-9H2,(H,15,16)/t10?,12-/m0/s1. The number of nitrogens with zero attached hydrogens (tertiary/aromatic N) is 2. The van der Waals surface area contributed by atoms with Crippen molar-refractivity contribution < 1.29 is 4.79 Å². The van der Waals surface area contributed by atoms with Gasteiger partial charge in [-0.1, -0.05) is 0 Å². The van der Waals surface area contributed by atoms with Crippen LogP contribution in [0.5, 0.6) is 0 Å². The quantitative estimate of drug-likeness (QED) is 0.816. The second-order valence-electron chi connectivity index (χ2n) is 5.28. The van der Waals surface area contributed by atoms with Crippen molar-refractivity contribution in [1.82, 2.24) is 20.4 Å². The van der Waals surface area contributed by atoms with E-state index < -0.39 is 0 Å². The fourth-order valence-corrected chi connectivity index (χ4v) is 3.04. The molecule has 5 heteroatoms. The lowest BCUT2D eigenvalue weighted by Gasteiger charge is -2.33. The molecular formula is C13H20N4O. The lowest BCUT2D eigenvalue weighted by Crippen LogP contribution is -2.47. The molecule has 18 heavy (non-hydrogen) atoms. The Labute approximate surface area is 107 Å². The number of likely N-dealkylation sites (tertiary alicyclic amines) is 1. The number of hydrogen-bond donors (Lipinski definition) is 2. The van der Waals surface area contributed by atoms with E-state index in [1.807, 2.05) is 11.0 Å². The average Bonchev–Trinajstić information content (AvgIpc) is 3.11. The van der Waals surface area contributed by atoms with Crippen molar-refractivity contribution in [3.05, 3.63) is 18.0 Å². The third-order valence-electron chi connectivity index (χ3n) is 4.05. The van der Waals surface area contributed by atoms with Crippen molar-refractivity contribution in [2.24, 2.45) is 0 Å². The number of carbonyl (C=O) groups excluding carboxylic acids is 1. The summed E-state index contributed by atoms with van der Waals surface area (Å²) in [4.78, 5) is 14.4. The summed E-state index contributed by atoms with van der Waals surface area (Å²) >= 11 is 0. The van der Waals surface area contributed by atoms with E-state index in [4.69, 9.17) is 0 Å². The van der Waals surface area contributed by atoms with Crippen molar-refractivity contribution in [3.8, 4) is 0 Å². The van der Waals surface area contributed by atoms with Crippen LogP contribution in [0.1, 0.15) is 37.3 Å². The van der Waals surface area contributed by atoms with E-state index in [9.17, 15) is 4.79 Å². The van der Waals surface area contributed by atoms with Crippen molar-refractivity contribution in [3.63, 3.8) is 0 Å². The third-order valence-corrected chi connectivity index (χ3v) is 4.05. The van der Waals surface area contributed by atoms with Gasteiger partial charge in [0.05, 0.1) is 6.04 Å². The van der Waals surface area contributed by atoms with Gasteiger partial charge in [-0.25, -0.2) is 0 Å². The van der Waals surface area contributed by atoms with Gasteiger partial charge in [0.1, 0.15) is 0 Å². The molecule has 5 nitrogen and oxygen atoms in total. The van der Waals surface area contributed by atoms with Gasteiger partial charge in [0.15, 0.2) is 0 Å². The van der Waals surface area contributed by atoms with Gasteiger partial charge in [-0.05, 0) is 38.3 Å². The Kier molecular flexibility index (Phi) is 3.32. The molecule has 2 atom stereocenters. The Hall–Kier alpha value is -1.36. The number of H-pyrrole nitrogens is 1. The molecule has 0 aliphatic carbocycles. The molecule has 1 aromatic rings. The molecule has 2 fully saturated rings. The second-order valence-corrected chi connectivity index (χ2v) is 5.28. The first-order valence-electron chi connectivity index (χ1n) is 6.86. The zero-order chi connectivity index (χ0) is 12.4. The van der Waals surface area contributed by atoms with E-state index in [2.05, 4.69) is 15.5 Å². The summed E-state index contributed by atoms with van der Waals surface area (Å²) in [6, 6.07) is 2.08. The SMILES string of the molecule is O=C([C@@H]1CCCN1)N1CCCC(c2ccn[nH]2)C1. The molecular weight excluding hydrogens is 228 g/mol. The van der Waals surface area contributed by atoms with Crippen molar-refractivity contribution in [1.29, 1.82) is 0 Å². The number of piperidine rings is 1. The highest BCUT2D eigenvalue weighted by atomic mass is 16.2. The van der Waals surface area contributed by atoms with Gasteiger partial charge in [-0.2, -0.15) is 5.10 Å². The van der Waals surface area contributed by atoms with Crippen LogP contribution in [-0.4, -0.2) is 46.7 Å². The minimum atomic E-state index is 0.0607. The summed E-state index contributed by atoms with van der Waals surface area (Å²) in [5, 5.41) is 10.3. The van der Waals surface area contributed by atoms with Crippen LogP contribution < -0.4 is 5.32 Å². The maximum absolute atomic E-state index is 12.4. The summed E-state index contributed by atoms with van der Waals surface area (Å²) in [7, 11) is 0. The van der Waals surface area contributed by atoms with Gasteiger partial charge in [0.2, 0.25) is 5.91 Å². The van der Waals surface area contributed by atoms with E-state index in [-0.39, 0.29) is 11.9 Å². The number of rotatable bonds is 2. The highest BCUT2D eigenvalue weighted by molar-refractivity contribution is 5.82. The highest BCUT2D eigenvalue weighted by Crippen LogP contribution is 2.26. The minimum absolute atomic E-state index is 0.0607. The molecule has 0 bridgehead atoms. The van der Waals surface area contributed by atoms with E-state index in [0.29, 0.717) is 5.92 Å². The predicted octanol–water partition coefficient (Wildman–Crippen LogP) is 0.868. The summed E-state index contributed by atoms with van der Waals surface area (Å²) in [6.45, 7) is 2.72. The van der Waals surface area contributed by atoms with E-state index in [1.165, 1.54) is 0 Å². The maximum atomic E-state index is 12.4. The summed E-state index contributed by atoms with van der Waals surface area (Å²) in [5.41, 5.74) is 1.16. The van der Waals surface area contributed by atoms with E-state index >= 15 is 0 Å². The van der Waals surface area contributed by atoms with Crippen molar-refractivity contribution >= 4 is 5.91 Å². The van der Waals surface area contributed by atoms with E-state index in [1.54, 1.807) is 6.20 Å². The zero-order valence-corrected chi connectivity index (χ0v) is 10.6. The number of carbonyl (C=O) groups is 1. The van der Waals surface area contributed by atoms with Crippen LogP contribution >= 0.6 is 0 Å². The molecule has 1 aromatic heterocycles. The van der Waals surface area contributed by atoms with Crippen molar-refractivity contribution in [2.45, 2.75) is 37.6 Å². The first kappa shape index (κ1) is 11.7. The third kappa shape index (κ3) is 2.27. The van der Waals surface area contributed by atoms with Crippen LogP contribution in [0, 0.1) is 0 Å². The van der Waals surface area contributed by atoms with Crippen LogP contribution in [0.25, 0.3) is 0 Å². The van der Waals surface area contributed by atoms with Gasteiger partial charge in [0, 0.05) is 30.9 Å². The molecule has 2 aliphatic heterocycles. The Morgan fingerprint density at radius 2 is 2.33 bits per heavy atom. The topological polar surface area (TPSA) is 61.0 Å². The Bertz CT molecular complexity index is 397. The van der Waals surface area contributed by atoms with Crippen molar-refractivity contribution in [2.75, 3.05) is 19.6 Å². The first-order valence-corrected chi connectivity index (χ1v) is 6.86. The Morgan fingerprint density at radius 1 is 1.39 bits per heavy atom. The molecule has 2 aliphatic rings. The predicted molar refractivity (Wildman–Crippen MR) is 68.2 cm³/mol. The fourth-order valence-electron chi connectivity index (χ4n) is 3.04. The fraction of sp³-hybridized carbons (Fsp3) is 0.692. The molecule has 2 saturated heterocycles. The molecule has 3 rings (SSSR count). The number of aromatic amines is 1. The molecule has 1 unspecified atom stereocenters. The smallest absolute Gasteiger partial charge is 0.239 e. The normalized spacial score (nSPS) is 28.6. The van der Waals surface area contributed by atoms with Gasteiger partial charge in [-0.3, -0.25) is 9.89 Å². The molecule has 0 aromatic carbocycles. The largest absolute Gasteiger partial charge is 0.341 e. The number of aromatic nitrogens is 2. The van der Waals surface area contributed by atoms with Crippen LogP contribution in [0.15, 0.2) is 12.3 Å². The number of amides is 1. The Morgan fingerprint density at radius 3 is 3.06 bits per heavy atom. The lowest BCUT2D eigenvalue weighted by molar-refractivity contribution is -0.134. The summed E-state index contributed by atoms with van der Waals surface area (Å²) in [6.07, 6.45) is 6.12. The van der Waals surface area contributed by atoms with Crippen LogP contribution in [0.4, 0.5) is 0 Å².